The summed E-state index contributed by atoms with van der Waals surface area (Å²) < 4.78 is 0. The van der Waals surface area contributed by atoms with Crippen LogP contribution in [0.2, 0.25) is 5.02 Å². The van der Waals surface area contributed by atoms with Gasteiger partial charge in [-0.3, -0.25) is 15.0 Å². The summed E-state index contributed by atoms with van der Waals surface area (Å²) in [6.07, 6.45) is 0. The van der Waals surface area contributed by atoms with Crippen molar-refractivity contribution in [2.45, 2.75) is 6.54 Å². The fraction of sp³-hybridized carbons (Fsp3) is 0.538. The van der Waals surface area contributed by atoms with Crippen LogP contribution in [0.15, 0.2) is 18.2 Å². The van der Waals surface area contributed by atoms with Gasteiger partial charge in [-0.25, -0.2) is 0 Å². The molecule has 1 N–H and O–H groups in total. The summed E-state index contributed by atoms with van der Waals surface area (Å²) in [5, 5.41) is 14.9. The number of hydrogen-bond acceptors (Lipinski definition) is 4. The Morgan fingerprint density at radius 2 is 2.00 bits per heavy atom. The Morgan fingerprint density at radius 3 is 2.60 bits per heavy atom. The number of nitrogens with one attached hydrogen (secondary N) is 1. The van der Waals surface area contributed by atoms with E-state index in [0.717, 1.165) is 31.7 Å². The molecule has 0 saturated carbocycles. The number of nitrogens with zero attached hydrogens (tertiary/aromatic N) is 2. The van der Waals surface area contributed by atoms with Crippen molar-refractivity contribution in [3.05, 3.63) is 38.9 Å². The monoisotopic (exact) mass is 317 g/mol. The van der Waals surface area contributed by atoms with Crippen LogP contribution in [0.1, 0.15) is 5.56 Å². The molecule has 2 aliphatic heterocycles. The van der Waals surface area contributed by atoms with Crippen LogP contribution < -0.4 is 5.32 Å². The minimum absolute atomic E-state index is 0. The van der Waals surface area contributed by atoms with Crippen LogP contribution in [0.25, 0.3) is 0 Å². The van der Waals surface area contributed by atoms with Crippen molar-refractivity contribution in [2.75, 3.05) is 26.2 Å². The second-order valence-corrected chi connectivity index (χ2v) is 5.84. The van der Waals surface area contributed by atoms with Crippen molar-refractivity contribution in [3.63, 3.8) is 0 Å². The molecule has 3 rings (SSSR count). The normalized spacial score (nSPS) is 25.2. The van der Waals surface area contributed by atoms with E-state index in [2.05, 4.69) is 10.2 Å². The molecule has 0 aromatic heterocycles. The molecule has 2 atom stereocenters. The van der Waals surface area contributed by atoms with E-state index in [1.807, 2.05) is 0 Å². The third-order valence-electron chi connectivity index (χ3n) is 4.10. The second kappa shape index (κ2) is 6.26. The number of fused-ring (bicyclic) bond motifs is 1. The van der Waals surface area contributed by atoms with Crippen LogP contribution in [0, 0.1) is 22.0 Å². The van der Waals surface area contributed by atoms with E-state index in [1.54, 1.807) is 12.1 Å². The Labute approximate surface area is 128 Å². The van der Waals surface area contributed by atoms with Gasteiger partial charge in [0.2, 0.25) is 0 Å². The molecule has 2 saturated heterocycles. The summed E-state index contributed by atoms with van der Waals surface area (Å²) in [7, 11) is 0. The van der Waals surface area contributed by atoms with Crippen molar-refractivity contribution >= 4 is 29.7 Å². The number of hydrogen-bond donors (Lipinski definition) is 1. The van der Waals surface area contributed by atoms with Crippen LogP contribution in [0.5, 0.6) is 0 Å². The number of likely N-dealkylation sites (tertiary alicyclic amines) is 1. The first kappa shape index (κ1) is 15.5. The average Bonchev–Trinajstić information content (AvgIpc) is 2.91. The highest BCUT2D eigenvalue weighted by Crippen LogP contribution is 2.30. The van der Waals surface area contributed by atoms with Crippen molar-refractivity contribution in [1.29, 1.82) is 0 Å². The first-order valence-corrected chi connectivity index (χ1v) is 6.87. The van der Waals surface area contributed by atoms with Gasteiger partial charge in [-0.1, -0.05) is 11.6 Å². The summed E-state index contributed by atoms with van der Waals surface area (Å²) in [6, 6.07) is 4.94. The fourth-order valence-electron chi connectivity index (χ4n) is 3.16. The summed E-state index contributed by atoms with van der Waals surface area (Å²) in [4.78, 5) is 13.0. The van der Waals surface area contributed by atoms with E-state index in [9.17, 15) is 10.1 Å². The Kier molecular flexibility index (Phi) is 4.86. The Balaban J connectivity index is 0.00000147. The lowest BCUT2D eigenvalue weighted by molar-refractivity contribution is -0.385. The number of halogens is 2. The van der Waals surface area contributed by atoms with Gasteiger partial charge in [0.25, 0.3) is 5.69 Å². The first-order valence-electron chi connectivity index (χ1n) is 6.49. The Morgan fingerprint density at radius 1 is 1.35 bits per heavy atom. The minimum Gasteiger partial charge on any atom is -0.316 e. The molecule has 0 unspecified atom stereocenters. The highest BCUT2D eigenvalue weighted by molar-refractivity contribution is 6.30. The van der Waals surface area contributed by atoms with Gasteiger partial charge in [-0.2, -0.15) is 0 Å². The number of rotatable bonds is 3. The van der Waals surface area contributed by atoms with Gasteiger partial charge in [0.15, 0.2) is 0 Å². The topological polar surface area (TPSA) is 58.4 Å². The molecule has 0 spiro atoms. The van der Waals surface area contributed by atoms with E-state index >= 15 is 0 Å². The van der Waals surface area contributed by atoms with Crippen molar-refractivity contribution in [3.8, 4) is 0 Å². The quantitative estimate of drug-likeness (QED) is 0.686. The van der Waals surface area contributed by atoms with E-state index < -0.39 is 0 Å². The van der Waals surface area contributed by atoms with E-state index in [-0.39, 0.29) is 23.0 Å². The SMILES string of the molecule is Cl.O=[N+]([O-])c1cc(Cl)ccc1CN1C[C@H]2CNC[C@H]2C1. The van der Waals surface area contributed by atoms with Crippen LogP contribution in [0.3, 0.4) is 0 Å². The zero-order chi connectivity index (χ0) is 13.4. The smallest absolute Gasteiger partial charge is 0.275 e. The molecule has 1 aromatic rings. The molecule has 20 heavy (non-hydrogen) atoms. The second-order valence-electron chi connectivity index (χ2n) is 5.40. The lowest BCUT2D eigenvalue weighted by Crippen LogP contribution is -2.25. The number of benzene rings is 1. The first-order chi connectivity index (χ1) is 9.13. The van der Waals surface area contributed by atoms with Crippen LogP contribution in [-0.2, 0) is 6.54 Å². The molecular weight excluding hydrogens is 301 g/mol. The van der Waals surface area contributed by atoms with Crippen molar-refractivity contribution in [2.24, 2.45) is 11.8 Å². The predicted octanol–water partition coefficient (Wildman–Crippen LogP) is 2.32. The largest absolute Gasteiger partial charge is 0.316 e. The molecule has 1 aromatic carbocycles. The summed E-state index contributed by atoms with van der Waals surface area (Å²) in [6.45, 7) is 4.84. The highest BCUT2D eigenvalue weighted by atomic mass is 35.5. The molecule has 110 valence electrons. The van der Waals surface area contributed by atoms with Crippen LogP contribution >= 0.6 is 24.0 Å². The van der Waals surface area contributed by atoms with Gasteiger partial charge < -0.3 is 5.32 Å². The minimum atomic E-state index is -0.348. The maximum atomic E-state index is 11.1. The van der Waals surface area contributed by atoms with Gasteiger partial charge in [0.1, 0.15) is 0 Å². The van der Waals surface area contributed by atoms with E-state index in [4.69, 9.17) is 11.6 Å². The number of nitro benzene ring substituents is 1. The Bertz CT molecular complexity index is 500. The highest BCUT2D eigenvalue weighted by Gasteiger charge is 2.36. The standard InChI is InChI=1S/C13H16ClN3O2.ClH/c14-12-2-1-9(13(3-12)17(18)19)6-16-7-10-4-15-5-11(10)8-16;/h1-3,10-11,15H,4-8H2;1H/t10-,11+;. The van der Waals surface area contributed by atoms with E-state index in [0.29, 0.717) is 23.4 Å². The third-order valence-corrected chi connectivity index (χ3v) is 4.34. The molecule has 7 heteroatoms. The van der Waals surface area contributed by atoms with Crippen molar-refractivity contribution < 1.29 is 4.92 Å². The maximum absolute atomic E-state index is 11.1. The molecular formula is C13H17Cl2N3O2. The van der Waals surface area contributed by atoms with Gasteiger partial charge in [0.05, 0.1) is 4.92 Å². The lowest BCUT2D eigenvalue weighted by atomic mass is 10.0. The zero-order valence-electron chi connectivity index (χ0n) is 10.9. The molecule has 2 fully saturated rings. The zero-order valence-corrected chi connectivity index (χ0v) is 12.5. The van der Waals surface area contributed by atoms with Crippen LogP contribution in [0.4, 0.5) is 5.69 Å². The summed E-state index contributed by atoms with van der Waals surface area (Å²) in [5.41, 5.74) is 0.880. The van der Waals surface area contributed by atoms with E-state index in [1.165, 1.54) is 6.07 Å². The fourth-order valence-corrected chi connectivity index (χ4v) is 3.33. The maximum Gasteiger partial charge on any atom is 0.275 e. The summed E-state index contributed by atoms with van der Waals surface area (Å²) in [5.74, 6) is 1.40. The molecule has 0 amide bonds. The lowest BCUT2D eigenvalue weighted by Gasteiger charge is -2.17. The molecule has 2 aliphatic rings. The average molecular weight is 318 g/mol. The molecule has 2 heterocycles. The van der Waals surface area contributed by atoms with Gasteiger partial charge >= 0.3 is 0 Å². The molecule has 0 bridgehead atoms. The Hall–Kier alpha value is -0.880. The summed E-state index contributed by atoms with van der Waals surface area (Å²) >= 11 is 5.83. The third kappa shape index (κ3) is 3.06. The number of nitro groups is 1. The molecule has 0 aliphatic carbocycles. The molecule has 5 nitrogen and oxygen atoms in total. The van der Waals surface area contributed by atoms with Gasteiger partial charge in [-0.15, -0.1) is 12.4 Å². The predicted molar refractivity (Wildman–Crippen MR) is 80.5 cm³/mol. The molecule has 0 radical (unpaired) electrons. The van der Waals surface area contributed by atoms with Gasteiger partial charge in [-0.05, 0) is 37.1 Å². The van der Waals surface area contributed by atoms with Crippen molar-refractivity contribution in [1.82, 2.24) is 10.2 Å². The van der Waals surface area contributed by atoms with Gasteiger partial charge in [0, 0.05) is 36.3 Å². The van der Waals surface area contributed by atoms with Crippen LogP contribution in [-0.4, -0.2) is 36.0 Å².